The summed E-state index contributed by atoms with van der Waals surface area (Å²) in [4.78, 5) is 12.4. The first-order valence-corrected chi connectivity index (χ1v) is 12.4. The van der Waals surface area contributed by atoms with Crippen LogP contribution in [0.15, 0.2) is 71.9 Å². The Hall–Kier alpha value is -2.71. The van der Waals surface area contributed by atoms with E-state index in [1.54, 1.807) is 42.5 Å². The van der Waals surface area contributed by atoms with Crippen LogP contribution < -0.4 is 10.6 Å². The zero-order chi connectivity index (χ0) is 24.1. The summed E-state index contributed by atoms with van der Waals surface area (Å²) in [7, 11) is 0. The first kappa shape index (κ1) is 24.4. The third-order valence-electron chi connectivity index (χ3n) is 4.79. The number of aromatic nitrogens is 3. The van der Waals surface area contributed by atoms with Gasteiger partial charge in [-0.05, 0) is 48.9 Å². The summed E-state index contributed by atoms with van der Waals surface area (Å²) in [6.07, 6.45) is 0. The maximum atomic E-state index is 12.4. The third kappa shape index (κ3) is 6.24. The first-order chi connectivity index (χ1) is 16.4. The molecule has 0 bridgehead atoms. The highest BCUT2D eigenvalue weighted by Gasteiger charge is 2.18. The summed E-state index contributed by atoms with van der Waals surface area (Å²) in [6, 6.07) is 20.0. The fourth-order valence-electron chi connectivity index (χ4n) is 3.26. The number of aryl methyl sites for hydroxylation is 1. The van der Waals surface area contributed by atoms with Crippen LogP contribution in [0.4, 0.5) is 10.5 Å². The van der Waals surface area contributed by atoms with Crippen LogP contribution in [0, 0.1) is 6.92 Å². The number of benzene rings is 3. The van der Waals surface area contributed by atoms with E-state index in [1.165, 1.54) is 17.3 Å². The number of thioether (sulfide) groups is 1. The van der Waals surface area contributed by atoms with Crippen LogP contribution in [0.2, 0.25) is 15.1 Å². The number of hydrogen-bond donors (Lipinski definition) is 2. The average Bonchev–Trinajstić information content (AvgIpc) is 3.20. The largest absolute Gasteiger partial charge is 0.331 e. The zero-order valence-corrected chi connectivity index (χ0v) is 21.1. The van der Waals surface area contributed by atoms with E-state index in [4.69, 9.17) is 34.8 Å². The Morgan fingerprint density at radius 1 is 0.971 bits per heavy atom. The molecule has 1 heterocycles. The highest BCUT2D eigenvalue weighted by molar-refractivity contribution is 7.98. The fourth-order valence-corrected chi connectivity index (χ4v) is 4.72. The standard InChI is InChI=1S/C24H20Cl3N5OS/c1-15-4-2-5-16(10-15)14-34-24-31-30-22(32(24)21-12-18(26)8-9-20(21)27)13-28-23(33)29-19-7-3-6-17(25)11-19/h2-12H,13-14H2,1H3,(H2,28,29,33). The minimum atomic E-state index is -0.400. The maximum absolute atomic E-state index is 12.4. The molecule has 10 heteroatoms. The summed E-state index contributed by atoms with van der Waals surface area (Å²) < 4.78 is 1.81. The van der Waals surface area contributed by atoms with Crippen LogP contribution in [0.25, 0.3) is 5.69 Å². The van der Waals surface area contributed by atoms with Crippen molar-refractivity contribution in [2.24, 2.45) is 0 Å². The molecular formula is C24H20Cl3N5OS. The van der Waals surface area contributed by atoms with Gasteiger partial charge in [0.1, 0.15) is 0 Å². The summed E-state index contributed by atoms with van der Waals surface area (Å²) in [5.74, 6) is 1.21. The number of rotatable bonds is 7. The van der Waals surface area contributed by atoms with Gasteiger partial charge in [-0.15, -0.1) is 10.2 Å². The van der Waals surface area contributed by atoms with Crippen LogP contribution in [0.5, 0.6) is 0 Å². The molecule has 0 saturated heterocycles. The molecule has 34 heavy (non-hydrogen) atoms. The number of nitrogens with one attached hydrogen (secondary N) is 2. The van der Waals surface area contributed by atoms with Gasteiger partial charge >= 0.3 is 6.03 Å². The zero-order valence-electron chi connectivity index (χ0n) is 18.1. The number of hydrogen-bond acceptors (Lipinski definition) is 4. The van der Waals surface area contributed by atoms with E-state index in [2.05, 4.69) is 46.0 Å². The minimum absolute atomic E-state index is 0.118. The van der Waals surface area contributed by atoms with Gasteiger partial charge in [0.05, 0.1) is 17.3 Å². The predicted molar refractivity (Wildman–Crippen MR) is 139 cm³/mol. The number of halogens is 3. The van der Waals surface area contributed by atoms with E-state index >= 15 is 0 Å². The van der Waals surface area contributed by atoms with Crippen LogP contribution in [0.1, 0.15) is 17.0 Å². The van der Waals surface area contributed by atoms with E-state index in [0.29, 0.717) is 43.2 Å². The lowest BCUT2D eigenvalue weighted by molar-refractivity contribution is 0.251. The molecule has 0 aliphatic rings. The lowest BCUT2D eigenvalue weighted by atomic mass is 10.2. The number of anilines is 1. The molecule has 0 aliphatic heterocycles. The Labute approximate surface area is 216 Å². The molecule has 1 aromatic heterocycles. The Bertz CT molecular complexity index is 1330. The van der Waals surface area contributed by atoms with Crippen molar-refractivity contribution in [2.75, 3.05) is 5.32 Å². The number of urea groups is 1. The molecule has 0 aliphatic carbocycles. The highest BCUT2D eigenvalue weighted by Crippen LogP contribution is 2.31. The summed E-state index contributed by atoms with van der Waals surface area (Å²) in [5, 5.41) is 16.4. The number of amides is 2. The Morgan fingerprint density at radius 2 is 1.76 bits per heavy atom. The monoisotopic (exact) mass is 531 g/mol. The van der Waals surface area contributed by atoms with Gasteiger partial charge in [-0.2, -0.15) is 0 Å². The molecule has 0 radical (unpaired) electrons. The van der Waals surface area contributed by atoms with Crippen molar-refractivity contribution in [1.82, 2.24) is 20.1 Å². The second kappa shape index (κ2) is 11.1. The maximum Gasteiger partial charge on any atom is 0.319 e. The van der Waals surface area contributed by atoms with Crippen LogP contribution >= 0.6 is 46.6 Å². The third-order valence-corrected chi connectivity index (χ3v) is 6.58. The van der Waals surface area contributed by atoms with Gasteiger partial charge in [0.2, 0.25) is 0 Å². The summed E-state index contributed by atoms with van der Waals surface area (Å²) in [6.45, 7) is 2.17. The van der Waals surface area contributed by atoms with Gasteiger partial charge in [-0.1, -0.05) is 82.5 Å². The van der Waals surface area contributed by atoms with E-state index < -0.39 is 6.03 Å². The second-order valence-electron chi connectivity index (χ2n) is 7.43. The van der Waals surface area contributed by atoms with Crippen LogP contribution in [-0.4, -0.2) is 20.8 Å². The van der Waals surface area contributed by atoms with E-state index in [-0.39, 0.29) is 6.54 Å². The lowest BCUT2D eigenvalue weighted by Gasteiger charge is -2.13. The first-order valence-electron chi connectivity index (χ1n) is 10.3. The van der Waals surface area contributed by atoms with Gasteiger partial charge in [0.25, 0.3) is 0 Å². The quantitative estimate of drug-likeness (QED) is 0.248. The number of carbonyl (C=O) groups is 1. The topological polar surface area (TPSA) is 71.8 Å². The minimum Gasteiger partial charge on any atom is -0.331 e. The van der Waals surface area contributed by atoms with E-state index in [0.717, 1.165) is 5.56 Å². The molecule has 4 rings (SSSR count). The van der Waals surface area contributed by atoms with Gasteiger partial charge in [0, 0.05) is 21.5 Å². The van der Waals surface area contributed by atoms with Gasteiger partial charge < -0.3 is 10.6 Å². The normalized spacial score (nSPS) is 10.8. The van der Waals surface area contributed by atoms with Crippen molar-refractivity contribution in [2.45, 2.75) is 24.4 Å². The van der Waals surface area contributed by atoms with Gasteiger partial charge in [-0.3, -0.25) is 4.57 Å². The smallest absolute Gasteiger partial charge is 0.319 e. The lowest BCUT2D eigenvalue weighted by Crippen LogP contribution is -2.29. The molecule has 0 atom stereocenters. The van der Waals surface area contributed by atoms with Gasteiger partial charge in [0.15, 0.2) is 11.0 Å². The molecule has 0 unspecified atom stereocenters. The summed E-state index contributed by atoms with van der Waals surface area (Å²) >= 11 is 20.3. The summed E-state index contributed by atoms with van der Waals surface area (Å²) in [5.41, 5.74) is 3.57. The SMILES string of the molecule is Cc1cccc(CSc2nnc(CNC(=O)Nc3cccc(Cl)c3)n2-c2cc(Cl)ccc2Cl)c1. The fraction of sp³-hybridized carbons (Fsp3) is 0.125. The molecule has 174 valence electrons. The molecule has 6 nitrogen and oxygen atoms in total. The van der Waals surface area contributed by atoms with Gasteiger partial charge in [-0.25, -0.2) is 4.79 Å². The molecular weight excluding hydrogens is 513 g/mol. The Balaban J connectivity index is 1.56. The number of nitrogens with zero attached hydrogens (tertiary/aromatic N) is 3. The van der Waals surface area contributed by atoms with Crippen molar-refractivity contribution >= 4 is 58.3 Å². The van der Waals surface area contributed by atoms with Crippen molar-refractivity contribution in [1.29, 1.82) is 0 Å². The number of carbonyl (C=O) groups excluding carboxylic acids is 1. The van der Waals surface area contributed by atoms with Crippen molar-refractivity contribution in [3.8, 4) is 5.69 Å². The van der Waals surface area contributed by atoms with Crippen molar-refractivity contribution < 1.29 is 4.79 Å². The van der Waals surface area contributed by atoms with E-state index in [9.17, 15) is 4.79 Å². The molecule has 2 N–H and O–H groups in total. The highest BCUT2D eigenvalue weighted by atomic mass is 35.5. The van der Waals surface area contributed by atoms with Crippen LogP contribution in [0.3, 0.4) is 0 Å². The molecule has 0 fully saturated rings. The second-order valence-corrected chi connectivity index (χ2v) is 9.65. The van der Waals surface area contributed by atoms with Crippen molar-refractivity contribution in [3.05, 3.63) is 98.7 Å². The van der Waals surface area contributed by atoms with Crippen LogP contribution in [-0.2, 0) is 12.3 Å². The Morgan fingerprint density at radius 3 is 2.56 bits per heavy atom. The molecule has 3 aromatic carbocycles. The molecule has 2 amide bonds. The van der Waals surface area contributed by atoms with E-state index in [1.807, 2.05) is 10.6 Å². The molecule has 0 spiro atoms. The Kier molecular flexibility index (Phi) is 8.00. The molecule has 0 saturated carbocycles. The average molecular weight is 533 g/mol. The van der Waals surface area contributed by atoms with Crippen molar-refractivity contribution in [3.63, 3.8) is 0 Å². The molecule has 4 aromatic rings. The predicted octanol–water partition coefficient (Wildman–Crippen LogP) is 7.15.